The van der Waals surface area contributed by atoms with Crippen molar-refractivity contribution in [2.45, 2.75) is 19.1 Å². The Morgan fingerprint density at radius 3 is 3.26 bits per heavy atom. The van der Waals surface area contributed by atoms with Crippen LogP contribution in [0.3, 0.4) is 0 Å². The van der Waals surface area contributed by atoms with Gasteiger partial charge < -0.3 is 11.1 Å². The van der Waals surface area contributed by atoms with Gasteiger partial charge in [0, 0.05) is 19.2 Å². The molecule has 0 saturated heterocycles. The van der Waals surface area contributed by atoms with Gasteiger partial charge in [0.15, 0.2) is 0 Å². The minimum Gasteiger partial charge on any atom is -0.394 e. The lowest BCUT2D eigenvalue weighted by molar-refractivity contribution is 0.373. The van der Waals surface area contributed by atoms with Gasteiger partial charge in [0.05, 0.1) is 24.6 Å². The van der Waals surface area contributed by atoms with Gasteiger partial charge in [0.2, 0.25) is 0 Å². The SMILES string of the molecule is Nc1cnn2c1NCC2NN1CCCn2nccc21. The van der Waals surface area contributed by atoms with E-state index in [4.69, 9.17) is 5.73 Å². The van der Waals surface area contributed by atoms with Crippen molar-refractivity contribution < 1.29 is 0 Å². The summed E-state index contributed by atoms with van der Waals surface area (Å²) in [4.78, 5) is 0. The van der Waals surface area contributed by atoms with Gasteiger partial charge in [-0.25, -0.2) is 14.8 Å². The predicted octanol–water partition coefficient (Wildman–Crippen LogP) is 0.000800. The summed E-state index contributed by atoms with van der Waals surface area (Å²) in [6, 6.07) is 2.02. The summed E-state index contributed by atoms with van der Waals surface area (Å²) in [6.45, 7) is 2.72. The van der Waals surface area contributed by atoms with Crippen molar-refractivity contribution in [2.24, 2.45) is 0 Å². The lowest BCUT2D eigenvalue weighted by Crippen LogP contribution is -2.47. The van der Waals surface area contributed by atoms with E-state index in [9.17, 15) is 0 Å². The first-order chi connectivity index (χ1) is 9.33. The zero-order valence-electron chi connectivity index (χ0n) is 10.5. The Kier molecular flexibility index (Phi) is 2.18. The fourth-order valence-corrected chi connectivity index (χ4v) is 2.71. The van der Waals surface area contributed by atoms with E-state index in [1.54, 1.807) is 6.20 Å². The Bertz CT molecular complexity index is 600. The molecule has 2 aliphatic rings. The molecule has 2 aromatic heterocycles. The van der Waals surface area contributed by atoms with Crippen LogP contribution in [0, 0.1) is 0 Å². The molecule has 0 bridgehead atoms. The maximum Gasteiger partial charge on any atom is 0.149 e. The molecule has 0 aliphatic carbocycles. The monoisotopic (exact) mass is 260 g/mol. The number of nitrogens with two attached hydrogens (primary N) is 1. The summed E-state index contributed by atoms with van der Waals surface area (Å²) in [5.41, 5.74) is 10.0. The van der Waals surface area contributed by atoms with Crippen molar-refractivity contribution in [1.29, 1.82) is 0 Å². The first-order valence-corrected chi connectivity index (χ1v) is 6.45. The van der Waals surface area contributed by atoms with Crippen LogP contribution < -0.4 is 21.5 Å². The molecular weight excluding hydrogens is 244 g/mol. The molecule has 4 N–H and O–H groups in total. The molecule has 0 radical (unpaired) electrons. The summed E-state index contributed by atoms with van der Waals surface area (Å²) in [7, 11) is 0. The van der Waals surface area contributed by atoms with E-state index in [0.717, 1.165) is 37.7 Å². The number of fused-ring (bicyclic) bond motifs is 2. The van der Waals surface area contributed by atoms with Gasteiger partial charge in [-0.15, -0.1) is 0 Å². The van der Waals surface area contributed by atoms with Crippen LogP contribution in [0.5, 0.6) is 0 Å². The van der Waals surface area contributed by atoms with Crippen LogP contribution in [0.1, 0.15) is 12.6 Å². The molecule has 8 nitrogen and oxygen atoms in total. The minimum absolute atomic E-state index is 0.0775. The molecule has 1 atom stereocenters. The minimum atomic E-state index is 0.0775. The van der Waals surface area contributed by atoms with Crippen molar-refractivity contribution in [3.05, 3.63) is 18.5 Å². The second-order valence-electron chi connectivity index (χ2n) is 4.84. The highest BCUT2D eigenvalue weighted by molar-refractivity contribution is 5.62. The number of nitrogens with one attached hydrogen (secondary N) is 2. The fourth-order valence-electron chi connectivity index (χ4n) is 2.71. The predicted molar refractivity (Wildman–Crippen MR) is 71.5 cm³/mol. The number of rotatable bonds is 2. The normalized spacial score (nSPS) is 21.1. The number of aryl methyl sites for hydroxylation is 1. The number of aromatic nitrogens is 4. The van der Waals surface area contributed by atoms with E-state index in [2.05, 4.69) is 25.9 Å². The van der Waals surface area contributed by atoms with E-state index < -0.39 is 0 Å². The van der Waals surface area contributed by atoms with Crippen LogP contribution >= 0.6 is 0 Å². The zero-order valence-corrected chi connectivity index (χ0v) is 10.5. The molecule has 19 heavy (non-hydrogen) atoms. The molecule has 0 aromatic carbocycles. The molecule has 0 spiro atoms. The van der Waals surface area contributed by atoms with E-state index in [-0.39, 0.29) is 6.17 Å². The van der Waals surface area contributed by atoms with Gasteiger partial charge >= 0.3 is 0 Å². The molecule has 4 rings (SSSR count). The Hall–Kier alpha value is -2.22. The van der Waals surface area contributed by atoms with E-state index in [1.165, 1.54) is 0 Å². The Balaban J connectivity index is 1.58. The van der Waals surface area contributed by atoms with Crippen LogP contribution in [0.4, 0.5) is 17.3 Å². The molecular formula is C11H16N8. The number of hydrogen-bond donors (Lipinski definition) is 3. The highest BCUT2D eigenvalue weighted by atomic mass is 15.6. The first kappa shape index (κ1) is 10.7. The molecule has 100 valence electrons. The third kappa shape index (κ3) is 1.56. The molecule has 0 amide bonds. The molecule has 0 fully saturated rings. The van der Waals surface area contributed by atoms with Gasteiger partial charge in [-0.3, -0.25) is 5.01 Å². The Morgan fingerprint density at radius 2 is 2.32 bits per heavy atom. The highest BCUT2D eigenvalue weighted by Gasteiger charge is 2.27. The standard InChI is InChI=1S/C11H16N8/c12-8-6-15-19-9(7-13-11(8)19)16-18-5-1-4-17-10(18)2-3-14-17/h2-3,6,9,13,16H,1,4-5,7,12H2. The van der Waals surface area contributed by atoms with Gasteiger partial charge in [0.25, 0.3) is 0 Å². The molecule has 8 heteroatoms. The van der Waals surface area contributed by atoms with Crippen molar-refractivity contribution in [3.8, 4) is 0 Å². The quantitative estimate of drug-likeness (QED) is 0.704. The zero-order chi connectivity index (χ0) is 12.8. The molecule has 1 unspecified atom stereocenters. The smallest absolute Gasteiger partial charge is 0.149 e. The van der Waals surface area contributed by atoms with Gasteiger partial charge in [-0.05, 0) is 6.42 Å². The summed E-state index contributed by atoms with van der Waals surface area (Å²) < 4.78 is 3.90. The lowest BCUT2D eigenvalue weighted by atomic mass is 10.3. The highest BCUT2D eigenvalue weighted by Crippen LogP contribution is 2.27. The summed E-state index contributed by atoms with van der Waals surface area (Å²) >= 11 is 0. The summed E-state index contributed by atoms with van der Waals surface area (Å²) in [5, 5.41) is 14.0. The van der Waals surface area contributed by atoms with Crippen LogP contribution in [-0.2, 0) is 6.54 Å². The van der Waals surface area contributed by atoms with Crippen LogP contribution in [0.15, 0.2) is 18.5 Å². The Morgan fingerprint density at radius 1 is 1.37 bits per heavy atom. The molecule has 2 aromatic rings. The number of hydrazine groups is 1. The van der Waals surface area contributed by atoms with Crippen molar-refractivity contribution in [2.75, 3.05) is 29.1 Å². The maximum absolute atomic E-state index is 5.85. The topological polar surface area (TPSA) is 89.0 Å². The van der Waals surface area contributed by atoms with Crippen LogP contribution in [0.2, 0.25) is 0 Å². The maximum atomic E-state index is 5.85. The average molecular weight is 260 g/mol. The van der Waals surface area contributed by atoms with Crippen LogP contribution in [-0.4, -0.2) is 32.7 Å². The number of hydrogen-bond acceptors (Lipinski definition) is 6. The van der Waals surface area contributed by atoms with E-state index in [0.29, 0.717) is 5.69 Å². The third-order valence-electron chi connectivity index (χ3n) is 3.61. The first-order valence-electron chi connectivity index (χ1n) is 6.45. The largest absolute Gasteiger partial charge is 0.394 e. The van der Waals surface area contributed by atoms with Gasteiger partial charge in [-0.2, -0.15) is 10.2 Å². The number of anilines is 3. The third-order valence-corrected chi connectivity index (χ3v) is 3.61. The van der Waals surface area contributed by atoms with Gasteiger partial charge in [0.1, 0.15) is 17.8 Å². The van der Waals surface area contributed by atoms with Gasteiger partial charge in [-0.1, -0.05) is 0 Å². The van der Waals surface area contributed by atoms with Crippen molar-refractivity contribution in [3.63, 3.8) is 0 Å². The second-order valence-corrected chi connectivity index (χ2v) is 4.84. The van der Waals surface area contributed by atoms with Crippen molar-refractivity contribution in [1.82, 2.24) is 25.0 Å². The van der Waals surface area contributed by atoms with Crippen molar-refractivity contribution >= 4 is 17.3 Å². The van der Waals surface area contributed by atoms with E-state index in [1.807, 2.05) is 21.6 Å². The second kappa shape index (κ2) is 3.89. The summed E-state index contributed by atoms with van der Waals surface area (Å²) in [6.07, 6.45) is 4.67. The Labute approximate surface area is 110 Å². The molecule has 4 heterocycles. The van der Waals surface area contributed by atoms with E-state index >= 15 is 0 Å². The molecule has 2 aliphatic heterocycles. The fraction of sp³-hybridized carbons (Fsp3) is 0.455. The summed E-state index contributed by atoms with van der Waals surface area (Å²) in [5.74, 6) is 1.99. The average Bonchev–Trinajstić information content (AvgIpc) is 3.09. The number of nitrogen functional groups attached to an aromatic ring is 1. The van der Waals surface area contributed by atoms with Crippen LogP contribution in [0.25, 0.3) is 0 Å². The lowest BCUT2D eigenvalue weighted by Gasteiger charge is -2.32. The molecule has 0 saturated carbocycles. The number of nitrogens with zero attached hydrogens (tertiary/aromatic N) is 5.